The van der Waals surface area contributed by atoms with Crippen LogP contribution in [0, 0.1) is 17.2 Å². The molecule has 1 fully saturated rings. The van der Waals surface area contributed by atoms with Gasteiger partial charge in [0.25, 0.3) is 0 Å². The van der Waals surface area contributed by atoms with E-state index in [4.69, 9.17) is 35.5 Å². The van der Waals surface area contributed by atoms with E-state index < -0.39 is 21.1 Å². The number of rotatable bonds is 10. The van der Waals surface area contributed by atoms with Crippen LogP contribution in [0.2, 0.25) is 0 Å². The molecule has 5 atom stereocenters. The number of hydrogen-bond donors (Lipinski definition) is 3. The summed E-state index contributed by atoms with van der Waals surface area (Å²) in [6, 6.07) is 1.75. The van der Waals surface area contributed by atoms with Gasteiger partial charge in [0.15, 0.2) is 0 Å². The minimum atomic E-state index is -3.48. The monoisotopic (exact) mass is 422 g/mol. The standard InChI is InChI=1S/C12H17N5O6P2S/c13-2-1-3-21-25(20,26)22-6-9-4-10(5-11(9)23-24(18)19)17-12-15-7-14-8-16-12/h7-11H,1,3-6H2,(H2-,14,15,16,17,18,19,20,26)/p+1/t9-,10-,11+,25?/m1/s1. The fourth-order valence-corrected chi connectivity index (χ4v) is 4.23. The van der Waals surface area contributed by atoms with Gasteiger partial charge in [0, 0.05) is 16.5 Å². The summed E-state index contributed by atoms with van der Waals surface area (Å²) in [6.45, 7) is -3.52. The minimum absolute atomic E-state index is 0.0104. The van der Waals surface area contributed by atoms with E-state index in [1.165, 1.54) is 12.7 Å². The van der Waals surface area contributed by atoms with Crippen LogP contribution in [0.1, 0.15) is 19.3 Å². The largest absolute Gasteiger partial charge is 0.695 e. The lowest BCUT2D eigenvalue weighted by Crippen LogP contribution is -2.20. The third kappa shape index (κ3) is 7.23. The predicted octanol–water partition coefficient (Wildman–Crippen LogP) is 1.26. The molecule has 0 aliphatic heterocycles. The van der Waals surface area contributed by atoms with E-state index >= 15 is 0 Å². The van der Waals surface area contributed by atoms with E-state index in [0.29, 0.717) is 18.8 Å². The number of hydrogen-bond acceptors (Lipinski definition) is 10. The van der Waals surface area contributed by atoms with Crippen molar-refractivity contribution in [3.05, 3.63) is 12.7 Å². The summed E-state index contributed by atoms with van der Waals surface area (Å²) >= 11 is 4.87. The lowest BCUT2D eigenvalue weighted by atomic mass is 10.1. The molecule has 1 aromatic heterocycles. The number of anilines is 1. The number of aromatic nitrogens is 3. The highest BCUT2D eigenvalue weighted by Gasteiger charge is 2.41. The van der Waals surface area contributed by atoms with Crippen LogP contribution in [0.25, 0.3) is 0 Å². The Labute approximate surface area is 155 Å². The molecule has 1 aromatic rings. The second-order valence-electron chi connectivity index (χ2n) is 5.42. The second-order valence-corrected chi connectivity index (χ2v) is 8.95. The molecule has 0 saturated heterocycles. The first-order valence-electron chi connectivity index (χ1n) is 7.60. The average molecular weight is 422 g/mol. The lowest BCUT2D eigenvalue weighted by Gasteiger charge is -2.19. The van der Waals surface area contributed by atoms with Gasteiger partial charge in [-0.05, 0) is 24.6 Å². The van der Waals surface area contributed by atoms with Crippen molar-refractivity contribution in [2.45, 2.75) is 31.4 Å². The molecule has 1 heterocycles. The van der Waals surface area contributed by atoms with Gasteiger partial charge >= 0.3 is 15.0 Å². The van der Waals surface area contributed by atoms with E-state index in [1.807, 2.05) is 6.07 Å². The first-order valence-corrected chi connectivity index (χ1v) is 11.3. The van der Waals surface area contributed by atoms with Crippen LogP contribution in [0.5, 0.6) is 0 Å². The zero-order valence-electron chi connectivity index (χ0n) is 13.5. The summed E-state index contributed by atoms with van der Waals surface area (Å²) in [5.74, 6) is 0.0836. The average Bonchev–Trinajstić information content (AvgIpc) is 2.95. The fraction of sp³-hybridized carbons (Fsp3) is 0.667. The molecule has 11 nitrogen and oxygen atoms in total. The third-order valence-electron chi connectivity index (χ3n) is 3.60. The van der Waals surface area contributed by atoms with Gasteiger partial charge < -0.3 is 19.3 Å². The van der Waals surface area contributed by atoms with Crippen LogP contribution in [0.3, 0.4) is 0 Å². The Morgan fingerprint density at radius 2 is 2.15 bits per heavy atom. The van der Waals surface area contributed by atoms with Gasteiger partial charge in [-0.2, -0.15) is 5.26 Å². The van der Waals surface area contributed by atoms with Crippen LogP contribution in [-0.2, 0) is 29.9 Å². The van der Waals surface area contributed by atoms with Crippen molar-refractivity contribution in [3.8, 4) is 6.07 Å². The van der Waals surface area contributed by atoms with Crippen molar-refractivity contribution < 1.29 is 27.9 Å². The Kier molecular flexibility index (Phi) is 8.34. The molecule has 0 bridgehead atoms. The van der Waals surface area contributed by atoms with Crippen LogP contribution >= 0.6 is 15.0 Å². The molecule has 14 heteroatoms. The molecule has 3 N–H and O–H groups in total. The van der Waals surface area contributed by atoms with Gasteiger partial charge in [0.05, 0.1) is 25.7 Å². The highest BCUT2D eigenvalue weighted by molar-refractivity contribution is 8.07. The zero-order valence-corrected chi connectivity index (χ0v) is 16.1. The van der Waals surface area contributed by atoms with Gasteiger partial charge in [0.1, 0.15) is 18.8 Å². The minimum Gasteiger partial charge on any atom is -0.351 e. The molecular weight excluding hydrogens is 404 g/mol. The molecule has 0 radical (unpaired) electrons. The molecule has 142 valence electrons. The maximum absolute atomic E-state index is 11.1. The Balaban J connectivity index is 1.92. The van der Waals surface area contributed by atoms with Crippen molar-refractivity contribution in [2.75, 3.05) is 18.5 Å². The first-order chi connectivity index (χ1) is 12.4. The molecule has 0 spiro atoms. The number of nitrogens with zero attached hydrogens (tertiary/aromatic N) is 4. The molecule has 0 amide bonds. The smallest absolute Gasteiger partial charge is 0.351 e. The maximum Gasteiger partial charge on any atom is 0.695 e. The highest BCUT2D eigenvalue weighted by atomic mass is 32.5. The van der Waals surface area contributed by atoms with Crippen LogP contribution in [0.4, 0.5) is 5.95 Å². The van der Waals surface area contributed by atoms with Crippen molar-refractivity contribution in [1.82, 2.24) is 15.0 Å². The van der Waals surface area contributed by atoms with Crippen molar-refractivity contribution in [1.29, 1.82) is 5.26 Å². The number of nitriles is 1. The Morgan fingerprint density at radius 3 is 2.81 bits per heavy atom. The van der Waals surface area contributed by atoms with Gasteiger partial charge in [-0.1, -0.05) is 0 Å². The lowest BCUT2D eigenvalue weighted by molar-refractivity contribution is 0.101. The zero-order chi connectivity index (χ0) is 19.0. The summed E-state index contributed by atoms with van der Waals surface area (Å²) in [5.41, 5.74) is 0. The summed E-state index contributed by atoms with van der Waals surface area (Å²) in [7, 11) is -2.79. The van der Waals surface area contributed by atoms with E-state index in [2.05, 4.69) is 20.3 Å². The first kappa shape index (κ1) is 21.2. The van der Waals surface area contributed by atoms with Crippen molar-refractivity contribution in [3.63, 3.8) is 0 Å². The Bertz CT molecular complexity index is 692. The third-order valence-corrected chi connectivity index (χ3v) is 5.67. The van der Waals surface area contributed by atoms with Crippen LogP contribution in [-0.4, -0.2) is 50.1 Å². The maximum atomic E-state index is 11.1. The van der Waals surface area contributed by atoms with Crippen molar-refractivity contribution >= 4 is 32.7 Å². The van der Waals surface area contributed by atoms with Gasteiger partial charge in [-0.15, -0.1) is 9.42 Å². The molecule has 26 heavy (non-hydrogen) atoms. The Morgan fingerprint density at radius 1 is 1.42 bits per heavy atom. The summed E-state index contributed by atoms with van der Waals surface area (Å²) < 4.78 is 26.4. The van der Waals surface area contributed by atoms with Gasteiger partial charge in [-0.25, -0.2) is 15.0 Å². The SMILES string of the molecule is N#CCCOP(O)(=S)OC[C@H]1C[C@@H](Nc2ncncn2)C[C@@H]1O[P+](=O)O. The summed E-state index contributed by atoms with van der Waals surface area (Å²) in [5, 5.41) is 11.6. The van der Waals surface area contributed by atoms with Crippen LogP contribution < -0.4 is 5.32 Å². The molecule has 1 saturated carbocycles. The molecule has 1 aliphatic rings. The topological polar surface area (TPSA) is 160 Å². The molecule has 2 rings (SSSR count). The molecular formula is C12H18N5O6P2S+. The highest BCUT2D eigenvalue weighted by Crippen LogP contribution is 2.46. The fourth-order valence-electron chi connectivity index (χ4n) is 2.55. The van der Waals surface area contributed by atoms with E-state index in [0.717, 1.165) is 0 Å². The van der Waals surface area contributed by atoms with Crippen molar-refractivity contribution in [2.24, 2.45) is 5.92 Å². The summed E-state index contributed by atoms with van der Waals surface area (Å²) in [6.07, 6.45) is 3.16. The second kappa shape index (κ2) is 10.3. The van der Waals surface area contributed by atoms with Gasteiger partial charge in [-0.3, -0.25) is 0 Å². The quantitative estimate of drug-likeness (QED) is 0.366. The molecule has 1 aliphatic carbocycles. The Hall–Kier alpha value is -1.15. The van der Waals surface area contributed by atoms with E-state index in [9.17, 15) is 9.46 Å². The molecule has 2 unspecified atom stereocenters. The predicted molar refractivity (Wildman–Crippen MR) is 93.3 cm³/mol. The van der Waals surface area contributed by atoms with E-state index in [-0.39, 0.29) is 31.6 Å². The van der Waals surface area contributed by atoms with E-state index in [1.54, 1.807) is 0 Å². The van der Waals surface area contributed by atoms with Crippen LogP contribution in [0.15, 0.2) is 12.7 Å². The normalized spacial score (nSPS) is 25.3. The number of nitrogens with one attached hydrogen (secondary N) is 1. The van der Waals surface area contributed by atoms with Gasteiger partial charge in [0.2, 0.25) is 5.95 Å². The summed E-state index contributed by atoms with van der Waals surface area (Å²) in [4.78, 5) is 30.7. The molecule has 0 aromatic carbocycles.